The molecular formula is C14H21ClN2O2. The van der Waals surface area contributed by atoms with Crippen molar-refractivity contribution in [1.29, 1.82) is 0 Å². The summed E-state index contributed by atoms with van der Waals surface area (Å²) in [5.41, 5.74) is 0.815. The van der Waals surface area contributed by atoms with Gasteiger partial charge in [0.25, 0.3) is 0 Å². The molecule has 0 aromatic carbocycles. The molecule has 1 aliphatic rings. The van der Waals surface area contributed by atoms with Gasteiger partial charge >= 0.3 is 0 Å². The first kappa shape index (κ1) is 14.6. The molecule has 1 aromatic heterocycles. The number of hydrogen-bond donors (Lipinski definition) is 1. The van der Waals surface area contributed by atoms with E-state index in [1.807, 2.05) is 19.2 Å². The fraction of sp³-hybridized carbons (Fsp3) is 0.643. The fourth-order valence-electron chi connectivity index (χ4n) is 2.43. The molecule has 106 valence electrons. The van der Waals surface area contributed by atoms with Crippen molar-refractivity contribution in [2.24, 2.45) is 0 Å². The van der Waals surface area contributed by atoms with Crippen molar-refractivity contribution in [3.8, 4) is 5.88 Å². The lowest BCUT2D eigenvalue weighted by Crippen LogP contribution is -2.35. The Morgan fingerprint density at radius 2 is 2.05 bits per heavy atom. The van der Waals surface area contributed by atoms with Crippen LogP contribution in [0.2, 0.25) is 5.02 Å². The molecule has 5 heteroatoms. The summed E-state index contributed by atoms with van der Waals surface area (Å²) >= 11 is 6.09. The minimum absolute atomic E-state index is 0.162. The van der Waals surface area contributed by atoms with Crippen LogP contribution in [-0.2, 0) is 11.3 Å². The molecule has 1 aromatic rings. The third-order valence-electron chi connectivity index (χ3n) is 3.18. The summed E-state index contributed by atoms with van der Waals surface area (Å²) in [5.74, 6) is 0.640. The van der Waals surface area contributed by atoms with Gasteiger partial charge < -0.3 is 14.8 Å². The number of rotatable bonds is 4. The second-order valence-electron chi connectivity index (χ2n) is 5.08. The fourth-order valence-corrected chi connectivity index (χ4v) is 2.60. The third kappa shape index (κ3) is 4.06. The first-order valence-corrected chi connectivity index (χ1v) is 7.08. The van der Waals surface area contributed by atoms with E-state index in [0.717, 1.165) is 18.5 Å². The number of nitrogens with zero attached hydrogens (tertiary/aromatic N) is 1. The number of halogens is 1. The van der Waals surface area contributed by atoms with Crippen LogP contribution < -0.4 is 10.1 Å². The van der Waals surface area contributed by atoms with Gasteiger partial charge in [-0.05, 0) is 27.0 Å². The average Bonchev–Trinajstić information content (AvgIpc) is 2.32. The lowest BCUT2D eigenvalue weighted by atomic mass is 10.0. The Kier molecular flexibility index (Phi) is 5.02. The van der Waals surface area contributed by atoms with Crippen molar-refractivity contribution in [3.63, 3.8) is 0 Å². The Labute approximate surface area is 119 Å². The quantitative estimate of drug-likeness (QED) is 0.923. The molecule has 0 saturated carbocycles. The number of pyridine rings is 1. The highest BCUT2D eigenvalue weighted by atomic mass is 35.5. The first-order valence-electron chi connectivity index (χ1n) is 6.70. The van der Waals surface area contributed by atoms with Gasteiger partial charge in [-0.25, -0.2) is 4.98 Å². The molecule has 0 spiro atoms. The largest absolute Gasteiger partial charge is 0.474 e. The van der Waals surface area contributed by atoms with Gasteiger partial charge in [-0.3, -0.25) is 0 Å². The topological polar surface area (TPSA) is 43.4 Å². The van der Waals surface area contributed by atoms with Crippen LogP contribution in [-0.4, -0.2) is 30.3 Å². The summed E-state index contributed by atoms with van der Waals surface area (Å²) in [6, 6.07) is 3.66. The van der Waals surface area contributed by atoms with E-state index >= 15 is 0 Å². The maximum Gasteiger partial charge on any atom is 0.213 e. The van der Waals surface area contributed by atoms with Crippen molar-refractivity contribution < 1.29 is 9.47 Å². The van der Waals surface area contributed by atoms with Crippen molar-refractivity contribution in [2.75, 3.05) is 7.05 Å². The zero-order valence-electron chi connectivity index (χ0n) is 11.6. The number of nitrogens with one attached hydrogen (secondary N) is 1. The summed E-state index contributed by atoms with van der Waals surface area (Å²) in [4.78, 5) is 4.45. The first-order chi connectivity index (χ1) is 9.08. The maximum absolute atomic E-state index is 6.09. The maximum atomic E-state index is 6.09. The van der Waals surface area contributed by atoms with E-state index in [0.29, 0.717) is 17.4 Å². The van der Waals surface area contributed by atoms with Crippen molar-refractivity contribution in [1.82, 2.24) is 10.3 Å². The van der Waals surface area contributed by atoms with E-state index in [2.05, 4.69) is 24.1 Å². The van der Waals surface area contributed by atoms with E-state index in [9.17, 15) is 0 Å². The lowest BCUT2D eigenvalue weighted by molar-refractivity contribution is -0.0729. The molecule has 0 amide bonds. The molecule has 19 heavy (non-hydrogen) atoms. The van der Waals surface area contributed by atoms with Crippen LogP contribution in [0.3, 0.4) is 0 Å². The zero-order valence-corrected chi connectivity index (χ0v) is 12.4. The highest BCUT2D eigenvalue weighted by Crippen LogP contribution is 2.25. The van der Waals surface area contributed by atoms with Gasteiger partial charge in [0.2, 0.25) is 5.88 Å². The second-order valence-corrected chi connectivity index (χ2v) is 5.48. The van der Waals surface area contributed by atoms with Gasteiger partial charge in [-0.15, -0.1) is 0 Å². The Morgan fingerprint density at radius 1 is 1.37 bits per heavy atom. The standard InChI is InChI=1S/C14H21ClN2O2/c1-9-6-11(7-10(2)18-9)19-14-5-4-12(15)13(17-14)8-16-3/h4-5,9-11,16H,6-8H2,1-3H3. The average molecular weight is 285 g/mol. The van der Waals surface area contributed by atoms with E-state index < -0.39 is 0 Å². The molecule has 4 nitrogen and oxygen atoms in total. The second kappa shape index (κ2) is 6.55. The van der Waals surface area contributed by atoms with Crippen LogP contribution in [0.15, 0.2) is 12.1 Å². The van der Waals surface area contributed by atoms with Gasteiger partial charge in [0.1, 0.15) is 6.10 Å². The summed E-state index contributed by atoms with van der Waals surface area (Å²) in [6.45, 7) is 4.79. The van der Waals surface area contributed by atoms with Crippen LogP contribution >= 0.6 is 11.6 Å². The molecule has 0 aliphatic carbocycles. The molecule has 1 fully saturated rings. The van der Waals surface area contributed by atoms with Crippen molar-refractivity contribution >= 4 is 11.6 Å². The Morgan fingerprint density at radius 3 is 2.68 bits per heavy atom. The van der Waals surface area contributed by atoms with E-state index in [-0.39, 0.29) is 18.3 Å². The smallest absolute Gasteiger partial charge is 0.213 e. The van der Waals surface area contributed by atoms with E-state index in [1.54, 1.807) is 0 Å². The SMILES string of the molecule is CNCc1nc(OC2CC(C)OC(C)C2)ccc1Cl. The number of hydrogen-bond acceptors (Lipinski definition) is 4. The number of ether oxygens (including phenoxy) is 2. The molecule has 2 heterocycles. The highest BCUT2D eigenvalue weighted by molar-refractivity contribution is 6.31. The van der Waals surface area contributed by atoms with Gasteiger partial charge in [0.15, 0.2) is 0 Å². The molecule has 1 aliphatic heterocycles. The summed E-state index contributed by atoms with van der Waals surface area (Å²) < 4.78 is 11.7. The summed E-state index contributed by atoms with van der Waals surface area (Å²) in [7, 11) is 1.87. The molecule has 2 rings (SSSR count). The molecule has 0 radical (unpaired) electrons. The van der Waals surface area contributed by atoms with Gasteiger partial charge in [-0.1, -0.05) is 11.6 Å². The van der Waals surface area contributed by atoms with Crippen molar-refractivity contribution in [3.05, 3.63) is 22.8 Å². The number of aromatic nitrogens is 1. The monoisotopic (exact) mass is 284 g/mol. The van der Waals surface area contributed by atoms with Crippen LogP contribution in [0.5, 0.6) is 5.88 Å². The van der Waals surface area contributed by atoms with Crippen LogP contribution in [0.1, 0.15) is 32.4 Å². The minimum atomic E-state index is 0.162. The zero-order chi connectivity index (χ0) is 13.8. The predicted molar refractivity (Wildman–Crippen MR) is 75.7 cm³/mol. The van der Waals surface area contributed by atoms with E-state index in [1.165, 1.54) is 0 Å². The predicted octanol–water partition coefficient (Wildman–Crippen LogP) is 2.79. The molecular weight excluding hydrogens is 264 g/mol. The van der Waals surface area contributed by atoms with Gasteiger partial charge in [0.05, 0.1) is 22.9 Å². The Hall–Kier alpha value is -0.840. The molecule has 2 unspecified atom stereocenters. The third-order valence-corrected chi connectivity index (χ3v) is 3.52. The molecule has 0 bridgehead atoms. The summed E-state index contributed by atoms with van der Waals surface area (Å²) in [5, 5.41) is 3.71. The van der Waals surface area contributed by atoms with Crippen molar-refractivity contribution in [2.45, 2.75) is 51.5 Å². The summed E-state index contributed by atoms with van der Waals surface area (Å²) in [6.07, 6.45) is 2.43. The minimum Gasteiger partial charge on any atom is -0.474 e. The van der Waals surface area contributed by atoms with E-state index in [4.69, 9.17) is 21.1 Å². The van der Waals surface area contributed by atoms with Crippen LogP contribution in [0.25, 0.3) is 0 Å². The Balaban J connectivity index is 2.04. The van der Waals surface area contributed by atoms with Crippen LogP contribution in [0.4, 0.5) is 0 Å². The lowest BCUT2D eigenvalue weighted by Gasteiger charge is -2.32. The molecule has 1 saturated heterocycles. The highest BCUT2D eigenvalue weighted by Gasteiger charge is 2.26. The molecule has 2 atom stereocenters. The normalized spacial score (nSPS) is 27.3. The van der Waals surface area contributed by atoms with Crippen LogP contribution in [0, 0.1) is 0 Å². The molecule has 1 N–H and O–H groups in total. The Bertz CT molecular complexity index is 418. The van der Waals surface area contributed by atoms with Gasteiger partial charge in [0, 0.05) is 25.5 Å². The van der Waals surface area contributed by atoms with Gasteiger partial charge in [-0.2, -0.15) is 0 Å².